The number of quaternary nitrogens is 2. The molecule has 110 valence electrons. The SMILES string of the molecule is Cc1cc2c(c(-c3ccccc3)c1)[N+](C)(C)C[N+](C)(C)C2. The molecule has 0 saturated heterocycles. The van der Waals surface area contributed by atoms with Crippen LogP contribution >= 0.6 is 0 Å². The molecule has 2 nitrogen and oxygen atoms in total. The minimum absolute atomic E-state index is 0.937. The Morgan fingerprint density at radius 3 is 2.24 bits per heavy atom. The normalized spacial score (nSPS) is 19.1. The molecule has 3 rings (SSSR count). The van der Waals surface area contributed by atoms with Crippen LogP contribution in [0.2, 0.25) is 0 Å². The molecular weight excluding hydrogens is 256 g/mol. The molecule has 21 heavy (non-hydrogen) atoms. The predicted molar refractivity (Wildman–Crippen MR) is 90.9 cm³/mol. The summed E-state index contributed by atoms with van der Waals surface area (Å²) in [7, 11) is 9.32. The summed E-state index contributed by atoms with van der Waals surface area (Å²) in [5.41, 5.74) is 7.07. The summed E-state index contributed by atoms with van der Waals surface area (Å²) in [4.78, 5) is 0. The van der Waals surface area contributed by atoms with Crippen molar-refractivity contribution in [2.75, 3.05) is 34.9 Å². The summed E-state index contributed by atoms with van der Waals surface area (Å²) in [5, 5.41) is 0. The van der Waals surface area contributed by atoms with Crippen molar-refractivity contribution in [1.82, 2.24) is 4.48 Å². The van der Waals surface area contributed by atoms with E-state index in [1.807, 2.05) is 0 Å². The van der Waals surface area contributed by atoms with Gasteiger partial charge in [0.05, 0.1) is 33.8 Å². The lowest BCUT2D eigenvalue weighted by Gasteiger charge is -2.44. The molecule has 0 fully saturated rings. The lowest BCUT2D eigenvalue weighted by Crippen LogP contribution is -2.59. The maximum atomic E-state index is 2.38. The molecule has 1 heterocycles. The molecule has 0 atom stereocenters. The van der Waals surface area contributed by atoms with E-state index in [0.717, 1.165) is 22.2 Å². The first kappa shape index (κ1) is 14.3. The second-order valence-electron chi connectivity index (χ2n) is 7.61. The van der Waals surface area contributed by atoms with Gasteiger partial charge in [-0.05, 0) is 30.2 Å². The number of hydrogen-bond donors (Lipinski definition) is 0. The van der Waals surface area contributed by atoms with E-state index >= 15 is 0 Å². The number of hydrogen-bond acceptors (Lipinski definition) is 0. The van der Waals surface area contributed by atoms with Crippen molar-refractivity contribution in [3.8, 4) is 11.1 Å². The Balaban J connectivity index is 2.27. The molecule has 1 aliphatic rings. The molecule has 0 N–H and O–H groups in total. The largest absolute Gasteiger partial charge is 0.278 e. The maximum absolute atomic E-state index is 2.38. The molecule has 0 saturated carbocycles. The van der Waals surface area contributed by atoms with Gasteiger partial charge in [0.2, 0.25) is 6.67 Å². The number of fused-ring (bicyclic) bond motifs is 1. The van der Waals surface area contributed by atoms with Crippen molar-refractivity contribution >= 4 is 5.69 Å². The quantitative estimate of drug-likeness (QED) is 0.698. The smallest absolute Gasteiger partial charge is 0.211 e. The van der Waals surface area contributed by atoms with Crippen molar-refractivity contribution in [1.29, 1.82) is 0 Å². The first-order chi connectivity index (χ1) is 9.78. The fraction of sp³-hybridized carbons (Fsp3) is 0.368. The maximum Gasteiger partial charge on any atom is 0.211 e. The Bertz CT molecular complexity index is 669. The van der Waals surface area contributed by atoms with Crippen molar-refractivity contribution in [2.24, 2.45) is 0 Å². The summed E-state index contributed by atoms with van der Waals surface area (Å²) < 4.78 is 1.98. The summed E-state index contributed by atoms with van der Waals surface area (Å²) in [6.07, 6.45) is 0. The van der Waals surface area contributed by atoms with Crippen LogP contribution in [-0.2, 0) is 6.54 Å². The topological polar surface area (TPSA) is 0 Å². The fourth-order valence-electron chi connectivity index (χ4n) is 4.07. The molecule has 0 unspecified atom stereocenters. The van der Waals surface area contributed by atoms with Crippen LogP contribution in [0.1, 0.15) is 11.1 Å². The highest BCUT2D eigenvalue weighted by Crippen LogP contribution is 2.41. The lowest BCUT2D eigenvalue weighted by molar-refractivity contribution is -0.914. The van der Waals surface area contributed by atoms with Crippen LogP contribution in [0.5, 0.6) is 0 Å². The zero-order valence-electron chi connectivity index (χ0n) is 13.9. The molecule has 2 aromatic carbocycles. The molecule has 0 amide bonds. The van der Waals surface area contributed by atoms with Crippen molar-refractivity contribution in [3.05, 3.63) is 53.6 Å². The van der Waals surface area contributed by atoms with E-state index in [4.69, 9.17) is 0 Å². The molecule has 1 aliphatic heterocycles. The van der Waals surface area contributed by atoms with Gasteiger partial charge in [-0.2, -0.15) is 0 Å². The number of aryl methyl sites for hydroxylation is 1. The van der Waals surface area contributed by atoms with Crippen LogP contribution < -0.4 is 4.48 Å². The minimum Gasteiger partial charge on any atom is -0.278 e. The average molecular weight is 282 g/mol. The number of benzene rings is 2. The van der Waals surface area contributed by atoms with Gasteiger partial charge in [0.1, 0.15) is 6.54 Å². The Kier molecular flexibility index (Phi) is 3.19. The van der Waals surface area contributed by atoms with Crippen molar-refractivity contribution < 1.29 is 4.48 Å². The van der Waals surface area contributed by atoms with E-state index in [0.29, 0.717) is 0 Å². The third-order valence-corrected chi connectivity index (χ3v) is 4.36. The lowest BCUT2D eigenvalue weighted by atomic mass is 9.94. The van der Waals surface area contributed by atoms with Crippen LogP contribution in [0.4, 0.5) is 5.69 Å². The zero-order valence-corrected chi connectivity index (χ0v) is 13.9. The third kappa shape index (κ3) is 2.61. The summed E-state index contributed by atoms with van der Waals surface area (Å²) >= 11 is 0. The van der Waals surface area contributed by atoms with Gasteiger partial charge in [0, 0.05) is 5.56 Å². The van der Waals surface area contributed by atoms with Gasteiger partial charge >= 0.3 is 0 Å². The van der Waals surface area contributed by atoms with Gasteiger partial charge in [-0.15, -0.1) is 0 Å². The second-order valence-corrected chi connectivity index (χ2v) is 7.61. The highest BCUT2D eigenvalue weighted by Gasteiger charge is 2.40. The molecule has 2 heteroatoms. The van der Waals surface area contributed by atoms with E-state index in [1.54, 1.807) is 0 Å². The average Bonchev–Trinajstić information content (AvgIpc) is 2.35. The van der Waals surface area contributed by atoms with Crippen molar-refractivity contribution in [2.45, 2.75) is 13.5 Å². The highest BCUT2D eigenvalue weighted by atomic mass is 15.5. The van der Waals surface area contributed by atoms with Gasteiger partial charge < -0.3 is 0 Å². The van der Waals surface area contributed by atoms with Crippen LogP contribution in [0, 0.1) is 6.92 Å². The predicted octanol–water partition coefficient (Wildman–Crippen LogP) is 3.78. The van der Waals surface area contributed by atoms with Gasteiger partial charge in [-0.25, -0.2) is 4.48 Å². The molecule has 2 aromatic rings. The molecule has 0 aliphatic carbocycles. The Hall–Kier alpha value is -1.64. The first-order valence-corrected chi connectivity index (χ1v) is 7.63. The van der Waals surface area contributed by atoms with E-state index in [2.05, 4.69) is 77.6 Å². The Morgan fingerprint density at radius 1 is 0.905 bits per heavy atom. The fourth-order valence-corrected chi connectivity index (χ4v) is 4.07. The molecular formula is C19H26N2+2. The second kappa shape index (κ2) is 4.69. The van der Waals surface area contributed by atoms with Crippen LogP contribution in [0.15, 0.2) is 42.5 Å². The Morgan fingerprint density at radius 2 is 1.57 bits per heavy atom. The number of rotatable bonds is 1. The minimum atomic E-state index is 0.937. The van der Waals surface area contributed by atoms with Crippen molar-refractivity contribution in [3.63, 3.8) is 0 Å². The van der Waals surface area contributed by atoms with E-state index in [-0.39, 0.29) is 0 Å². The Labute approximate surface area is 128 Å². The molecule has 0 radical (unpaired) electrons. The van der Waals surface area contributed by atoms with Gasteiger partial charge in [-0.1, -0.05) is 30.3 Å². The van der Waals surface area contributed by atoms with Crippen LogP contribution in [0.3, 0.4) is 0 Å². The third-order valence-electron chi connectivity index (χ3n) is 4.36. The summed E-state index contributed by atoms with van der Waals surface area (Å²) in [6.45, 7) is 4.44. The van der Waals surface area contributed by atoms with Gasteiger partial charge in [-0.3, -0.25) is 4.48 Å². The van der Waals surface area contributed by atoms with Gasteiger partial charge in [0.15, 0.2) is 5.69 Å². The molecule has 0 bridgehead atoms. The van der Waals surface area contributed by atoms with E-state index in [9.17, 15) is 0 Å². The van der Waals surface area contributed by atoms with Gasteiger partial charge in [0.25, 0.3) is 0 Å². The zero-order chi connectivity index (χ0) is 15.3. The van der Waals surface area contributed by atoms with E-state index in [1.165, 1.54) is 27.9 Å². The summed E-state index contributed by atoms with van der Waals surface area (Å²) in [5.74, 6) is 0. The standard InChI is InChI=1S/C19H26N2/c1-15-11-17-13-20(2,3)14-21(4,5)19(17)18(12-15)16-9-7-6-8-10-16/h6-12H,13-14H2,1-5H3/q+2. The van der Waals surface area contributed by atoms with E-state index < -0.39 is 0 Å². The molecule has 0 aromatic heterocycles. The molecule has 0 spiro atoms. The first-order valence-electron chi connectivity index (χ1n) is 7.63. The van der Waals surface area contributed by atoms with Crippen LogP contribution in [0.25, 0.3) is 11.1 Å². The summed E-state index contributed by atoms with van der Waals surface area (Å²) in [6, 6.07) is 15.5. The van der Waals surface area contributed by atoms with Crippen LogP contribution in [-0.4, -0.2) is 39.3 Å². The monoisotopic (exact) mass is 282 g/mol. The number of nitrogens with zero attached hydrogens (tertiary/aromatic N) is 2. The highest BCUT2D eigenvalue weighted by molar-refractivity contribution is 5.80.